The molecule has 116 valence electrons. The normalized spacial score (nSPS) is 10.9. The molecular formula is C10H15F3N2O5. The molecule has 0 aliphatic rings. The molecule has 2 amide bonds. The lowest BCUT2D eigenvalue weighted by Gasteiger charge is -2.19. The molecule has 0 aromatic heterocycles. The summed E-state index contributed by atoms with van der Waals surface area (Å²) < 4.78 is 35.5. The average Bonchev–Trinajstić information content (AvgIpc) is 2.24. The van der Waals surface area contributed by atoms with Crippen molar-refractivity contribution in [2.75, 3.05) is 19.6 Å². The number of nitrogens with zero attached hydrogens (tertiary/aromatic N) is 1. The third kappa shape index (κ3) is 9.97. The van der Waals surface area contributed by atoms with Gasteiger partial charge in [-0.1, -0.05) is 0 Å². The number of carbonyl (C=O) groups is 3. The van der Waals surface area contributed by atoms with Crippen LogP contribution in [0.5, 0.6) is 0 Å². The van der Waals surface area contributed by atoms with Crippen LogP contribution >= 0.6 is 0 Å². The molecular weight excluding hydrogens is 285 g/mol. The zero-order valence-electron chi connectivity index (χ0n) is 10.4. The van der Waals surface area contributed by atoms with E-state index in [2.05, 4.69) is 5.32 Å². The minimum absolute atomic E-state index is 0.0548. The van der Waals surface area contributed by atoms with Gasteiger partial charge in [0.2, 0.25) is 0 Å². The molecule has 7 nitrogen and oxygen atoms in total. The van der Waals surface area contributed by atoms with E-state index in [0.29, 0.717) is 4.90 Å². The summed E-state index contributed by atoms with van der Waals surface area (Å²) in [6, 6.07) is -0.943. The molecule has 20 heavy (non-hydrogen) atoms. The molecule has 3 N–H and O–H groups in total. The lowest BCUT2D eigenvalue weighted by Crippen LogP contribution is -2.45. The maximum Gasteiger partial charge on any atom is 0.389 e. The molecule has 0 fully saturated rings. The van der Waals surface area contributed by atoms with Crippen LogP contribution in [0.15, 0.2) is 0 Å². The molecule has 0 atom stereocenters. The van der Waals surface area contributed by atoms with Gasteiger partial charge in [-0.25, -0.2) is 4.79 Å². The predicted octanol–water partition coefficient (Wildman–Crippen LogP) is 0.900. The summed E-state index contributed by atoms with van der Waals surface area (Å²) in [6.45, 7) is -1.70. The zero-order chi connectivity index (χ0) is 15.8. The topological polar surface area (TPSA) is 107 Å². The Labute approximate surface area is 112 Å². The van der Waals surface area contributed by atoms with E-state index in [9.17, 15) is 27.6 Å². The lowest BCUT2D eigenvalue weighted by molar-refractivity contribution is -0.141. The first-order valence-corrected chi connectivity index (χ1v) is 5.65. The Kier molecular flexibility index (Phi) is 7.40. The SMILES string of the molecule is O=C(O)CN(CC(=O)O)C(=O)NCCCCC(F)(F)F. The summed E-state index contributed by atoms with van der Waals surface area (Å²) in [6.07, 6.45) is -5.36. The molecule has 0 bridgehead atoms. The maximum absolute atomic E-state index is 11.8. The number of halogens is 3. The van der Waals surface area contributed by atoms with Crippen molar-refractivity contribution in [3.63, 3.8) is 0 Å². The number of aliphatic carboxylic acids is 2. The number of unbranched alkanes of at least 4 members (excludes halogenated alkanes) is 1. The standard InChI is InChI=1S/C10H15F3N2O5/c11-10(12,13)3-1-2-4-14-9(20)15(5-7(16)17)6-8(18)19/h1-6H2,(H,14,20)(H,16,17)(H,18,19). The molecule has 0 saturated heterocycles. The smallest absolute Gasteiger partial charge is 0.389 e. The fourth-order valence-corrected chi connectivity index (χ4v) is 1.28. The molecule has 0 aromatic carbocycles. The Morgan fingerprint density at radius 2 is 1.50 bits per heavy atom. The van der Waals surface area contributed by atoms with E-state index in [0.717, 1.165) is 0 Å². The van der Waals surface area contributed by atoms with Crippen LogP contribution in [0.1, 0.15) is 19.3 Å². The molecule has 0 aromatic rings. The van der Waals surface area contributed by atoms with Crippen LogP contribution < -0.4 is 5.32 Å². The van der Waals surface area contributed by atoms with Crippen LogP contribution in [0.3, 0.4) is 0 Å². The second-order valence-electron chi connectivity index (χ2n) is 3.95. The first-order valence-electron chi connectivity index (χ1n) is 5.65. The number of carboxylic acids is 2. The quantitative estimate of drug-likeness (QED) is 0.577. The van der Waals surface area contributed by atoms with E-state index in [1.54, 1.807) is 0 Å². The summed E-state index contributed by atoms with van der Waals surface area (Å²) in [5.41, 5.74) is 0. The van der Waals surface area contributed by atoms with E-state index in [1.165, 1.54) is 0 Å². The summed E-state index contributed by atoms with van der Waals surface area (Å²) in [5, 5.41) is 19.2. The zero-order valence-corrected chi connectivity index (χ0v) is 10.4. The van der Waals surface area contributed by atoms with Crippen molar-refractivity contribution in [3.05, 3.63) is 0 Å². The van der Waals surface area contributed by atoms with Crippen LogP contribution in [-0.2, 0) is 9.59 Å². The largest absolute Gasteiger partial charge is 0.480 e. The monoisotopic (exact) mass is 300 g/mol. The molecule has 0 unspecified atom stereocenters. The first kappa shape index (κ1) is 18.0. The number of alkyl halides is 3. The fraction of sp³-hybridized carbons (Fsp3) is 0.700. The number of carboxylic acid groups (broad SMARTS) is 2. The summed E-state index contributed by atoms with van der Waals surface area (Å²) in [7, 11) is 0. The van der Waals surface area contributed by atoms with E-state index in [4.69, 9.17) is 10.2 Å². The second kappa shape index (κ2) is 8.23. The highest BCUT2D eigenvalue weighted by Crippen LogP contribution is 2.21. The highest BCUT2D eigenvalue weighted by molar-refractivity contribution is 5.84. The Hall–Kier alpha value is -2.00. The van der Waals surface area contributed by atoms with Crippen LogP contribution in [0, 0.1) is 0 Å². The van der Waals surface area contributed by atoms with Crippen molar-refractivity contribution < 1.29 is 37.8 Å². The van der Waals surface area contributed by atoms with Gasteiger partial charge in [0.25, 0.3) is 0 Å². The molecule has 0 heterocycles. The minimum atomic E-state index is -4.26. The van der Waals surface area contributed by atoms with E-state index < -0.39 is 43.7 Å². The average molecular weight is 300 g/mol. The van der Waals surface area contributed by atoms with Crippen LogP contribution in [0.4, 0.5) is 18.0 Å². The molecule has 0 spiro atoms. The number of amides is 2. The van der Waals surface area contributed by atoms with Gasteiger partial charge in [0.15, 0.2) is 0 Å². The van der Waals surface area contributed by atoms with Gasteiger partial charge in [-0.2, -0.15) is 13.2 Å². The van der Waals surface area contributed by atoms with Crippen LogP contribution in [0.2, 0.25) is 0 Å². The summed E-state index contributed by atoms with van der Waals surface area (Å²) >= 11 is 0. The van der Waals surface area contributed by atoms with Crippen molar-refractivity contribution in [3.8, 4) is 0 Å². The van der Waals surface area contributed by atoms with Gasteiger partial charge in [-0.3, -0.25) is 9.59 Å². The van der Waals surface area contributed by atoms with E-state index in [1.807, 2.05) is 0 Å². The Morgan fingerprint density at radius 1 is 1.00 bits per heavy atom. The van der Waals surface area contributed by atoms with Crippen LogP contribution in [-0.4, -0.2) is 58.9 Å². The highest BCUT2D eigenvalue weighted by Gasteiger charge is 2.26. The van der Waals surface area contributed by atoms with Gasteiger partial charge in [-0.05, 0) is 12.8 Å². The summed E-state index contributed by atoms with van der Waals surface area (Å²) in [4.78, 5) is 32.9. The molecule has 0 saturated carbocycles. The third-order valence-electron chi connectivity index (χ3n) is 2.10. The number of rotatable bonds is 8. The Balaban J connectivity index is 4.07. The van der Waals surface area contributed by atoms with Crippen molar-refractivity contribution in [1.29, 1.82) is 0 Å². The van der Waals surface area contributed by atoms with E-state index >= 15 is 0 Å². The fourth-order valence-electron chi connectivity index (χ4n) is 1.28. The van der Waals surface area contributed by atoms with Gasteiger partial charge < -0.3 is 20.4 Å². The predicted molar refractivity (Wildman–Crippen MR) is 60.1 cm³/mol. The molecule has 0 radical (unpaired) electrons. The van der Waals surface area contributed by atoms with E-state index in [-0.39, 0.29) is 19.4 Å². The second-order valence-corrected chi connectivity index (χ2v) is 3.95. The number of urea groups is 1. The Morgan fingerprint density at radius 3 is 1.90 bits per heavy atom. The first-order chi connectivity index (χ1) is 9.11. The number of nitrogens with one attached hydrogen (secondary N) is 1. The third-order valence-corrected chi connectivity index (χ3v) is 2.10. The lowest BCUT2D eigenvalue weighted by atomic mass is 10.2. The molecule has 0 aliphatic heterocycles. The van der Waals surface area contributed by atoms with Crippen LogP contribution in [0.25, 0.3) is 0 Å². The van der Waals surface area contributed by atoms with Crippen molar-refractivity contribution in [1.82, 2.24) is 10.2 Å². The highest BCUT2D eigenvalue weighted by atomic mass is 19.4. The number of hydrogen-bond acceptors (Lipinski definition) is 3. The number of hydrogen-bond donors (Lipinski definition) is 3. The number of carbonyl (C=O) groups excluding carboxylic acids is 1. The van der Waals surface area contributed by atoms with Gasteiger partial charge in [0, 0.05) is 13.0 Å². The van der Waals surface area contributed by atoms with Gasteiger partial charge >= 0.3 is 24.1 Å². The maximum atomic E-state index is 11.8. The van der Waals surface area contributed by atoms with Gasteiger partial charge in [0.1, 0.15) is 13.1 Å². The van der Waals surface area contributed by atoms with Crippen molar-refractivity contribution in [2.45, 2.75) is 25.4 Å². The van der Waals surface area contributed by atoms with Gasteiger partial charge in [-0.15, -0.1) is 0 Å². The van der Waals surface area contributed by atoms with Crippen molar-refractivity contribution >= 4 is 18.0 Å². The van der Waals surface area contributed by atoms with Gasteiger partial charge in [0.05, 0.1) is 0 Å². The molecule has 0 rings (SSSR count). The molecule has 10 heteroatoms. The summed E-state index contributed by atoms with van der Waals surface area (Å²) in [5.74, 6) is -2.78. The minimum Gasteiger partial charge on any atom is -0.480 e. The Bertz CT molecular complexity index is 343. The van der Waals surface area contributed by atoms with Crippen molar-refractivity contribution in [2.24, 2.45) is 0 Å². The molecule has 0 aliphatic carbocycles.